The lowest BCUT2D eigenvalue weighted by molar-refractivity contribution is 0.243. The molecule has 0 saturated carbocycles. The molecule has 0 aromatic carbocycles. The Hall–Kier alpha value is -0.850. The Morgan fingerprint density at radius 1 is 1.29 bits per heavy atom. The lowest BCUT2D eigenvalue weighted by atomic mass is 9.94. The fourth-order valence-electron chi connectivity index (χ4n) is 2.88. The van der Waals surface area contributed by atoms with Gasteiger partial charge in [0, 0.05) is 13.1 Å². The van der Waals surface area contributed by atoms with E-state index in [2.05, 4.69) is 19.0 Å². The predicted octanol–water partition coefficient (Wildman–Crippen LogP) is 2.25. The number of hydrogen-bond acceptors (Lipinski definition) is 4. The molecule has 0 N–H and O–H groups in total. The minimum absolute atomic E-state index is 0.326. The molecule has 0 amide bonds. The molecule has 0 spiro atoms. The van der Waals surface area contributed by atoms with Gasteiger partial charge in [-0.3, -0.25) is 0 Å². The van der Waals surface area contributed by atoms with Gasteiger partial charge >= 0.3 is 0 Å². The summed E-state index contributed by atoms with van der Waals surface area (Å²) in [5.41, 5.74) is 0. The van der Waals surface area contributed by atoms with E-state index in [0.29, 0.717) is 35.4 Å². The number of aryl methyl sites for hydroxylation is 2. The fourth-order valence-corrected chi connectivity index (χ4v) is 4.57. The maximum atomic E-state index is 12.7. The maximum absolute atomic E-state index is 12.7. The Kier molecular flexibility index (Phi) is 5.11. The molecule has 1 aromatic rings. The second-order valence-corrected chi connectivity index (χ2v) is 8.12. The SMILES string of the molecule is Cc1cc(S(=O)(=O)N2CCC(CCN(C)C)CC2)c(C)o1. The summed E-state index contributed by atoms with van der Waals surface area (Å²) in [7, 11) is 0.749. The molecule has 0 aliphatic carbocycles. The van der Waals surface area contributed by atoms with E-state index >= 15 is 0 Å². The van der Waals surface area contributed by atoms with Gasteiger partial charge < -0.3 is 9.32 Å². The van der Waals surface area contributed by atoms with Crippen molar-refractivity contribution in [1.29, 1.82) is 0 Å². The van der Waals surface area contributed by atoms with Gasteiger partial charge in [0.15, 0.2) is 0 Å². The van der Waals surface area contributed by atoms with Crippen LogP contribution in [-0.2, 0) is 10.0 Å². The molecule has 6 heteroatoms. The van der Waals surface area contributed by atoms with Crippen molar-refractivity contribution < 1.29 is 12.8 Å². The molecule has 1 aromatic heterocycles. The summed E-state index contributed by atoms with van der Waals surface area (Å²) < 4.78 is 32.3. The number of hydrogen-bond donors (Lipinski definition) is 0. The Balaban J connectivity index is 2.00. The molecule has 1 aliphatic rings. The van der Waals surface area contributed by atoms with E-state index in [1.165, 1.54) is 0 Å². The average molecular weight is 314 g/mol. The maximum Gasteiger partial charge on any atom is 0.246 e. The van der Waals surface area contributed by atoms with Crippen molar-refractivity contribution in [3.8, 4) is 0 Å². The topological polar surface area (TPSA) is 53.8 Å². The summed E-state index contributed by atoms with van der Waals surface area (Å²) in [4.78, 5) is 2.51. The first-order valence-electron chi connectivity index (χ1n) is 7.52. The Labute approximate surface area is 128 Å². The summed E-state index contributed by atoms with van der Waals surface area (Å²) in [5, 5.41) is 0. The number of piperidine rings is 1. The molecule has 1 saturated heterocycles. The number of rotatable bonds is 5. The molecule has 1 aliphatic heterocycles. The van der Waals surface area contributed by atoms with Crippen LogP contribution in [0.5, 0.6) is 0 Å². The first-order chi connectivity index (χ1) is 9.80. The number of nitrogens with zero attached hydrogens (tertiary/aromatic N) is 2. The summed E-state index contributed by atoms with van der Waals surface area (Å²) in [6, 6.07) is 1.63. The highest BCUT2D eigenvalue weighted by Gasteiger charge is 2.31. The van der Waals surface area contributed by atoms with Crippen LogP contribution in [0.2, 0.25) is 0 Å². The van der Waals surface area contributed by atoms with Crippen molar-refractivity contribution in [3.05, 3.63) is 17.6 Å². The van der Waals surface area contributed by atoms with Gasteiger partial charge in [-0.05, 0) is 65.7 Å². The molecule has 120 valence electrons. The summed E-state index contributed by atoms with van der Waals surface area (Å²) in [6.45, 7) is 5.79. The average Bonchev–Trinajstić information content (AvgIpc) is 2.76. The third-order valence-electron chi connectivity index (χ3n) is 4.17. The van der Waals surface area contributed by atoms with Crippen LogP contribution in [0.1, 0.15) is 30.8 Å². The van der Waals surface area contributed by atoms with Gasteiger partial charge in [0.2, 0.25) is 10.0 Å². The quantitative estimate of drug-likeness (QED) is 0.836. The molecule has 0 atom stereocenters. The summed E-state index contributed by atoms with van der Waals surface area (Å²) >= 11 is 0. The van der Waals surface area contributed by atoms with E-state index in [0.717, 1.165) is 25.8 Å². The van der Waals surface area contributed by atoms with Gasteiger partial charge in [-0.1, -0.05) is 0 Å². The highest BCUT2D eigenvalue weighted by molar-refractivity contribution is 7.89. The third-order valence-corrected chi connectivity index (χ3v) is 6.18. The molecule has 0 radical (unpaired) electrons. The van der Waals surface area contributed by atoms with Gasteiger partial charge in [-0.2, -0.15) is 4.31 Å². The smallest absolute Gasteiger partial charge is 0.246 e. The summed E-state index contributed by atoms with van der Waals surface area (Å²) in [6.07, 6.45) is 3.04. The predicted molar refractivity (Wildman–Crippen MR) is 82.8 cm³/mol. The molecule has 2 heterocycles. The van der Waals surface area contributed by atoms with Crippen LogP contribution in [0.15, 0.2) is 15.4 Å². The zero-order valence-electron chi connectivity index (χ0n) is 13.4. The Morgan fingerprint density at radius 3 is 2.38 bits per heavy atom. The van der Waals surface area contributed by atoms with Crippen molar-refractivity contribution >= 4 is 10.0 Å². The third kappa shape index (κ3) is 3.87. The first kappa shape index (κ1) is 16.5. The van der Waals surface area contributed by atoms with E-state index in [1.54, 1.807) is 24.2 Å². The minimum atomic E-state index is -3.40. The van der Waals surface area contributed by atoms with E-state index in [4.69, 9.17) is 4.42 Å². The number of furan rings is 1. The molecular weight excluding hydrogens is 288 g/mol. The van der Waals surface area contributed by atoms with Crippen molar-refractivity contribution in [2.24, 2.45) is 5.92 Å². The molecule has 21 heavy (non-hydrogen) atoms. The van der Waals surface area contributed by atoms with Gasteiger partial charge in [0.05, 0.1) is 0 Å². The van der Waals surface area contributed by atoms with E-state index in [-0.39, 0.29) is 0 Å². The lowest BCUT2D eigenvalue weighted by Gasteiger charge is -2.31. The second-order valence-electron chi connectivity index (χ2n) is 6.22. The van der Waals surface area contributed by atoms with Crippen molar-refractivity contribution in [3.63, 3.8) is 0 Å². The Morgan fingerprint density at radius 2 is 1.90 bits per heavy atom. The first-order valence-corrected chi connectivity index (χ1v) is 8.96. The van der Waals surface area contributed by atoms with Gasteiger partial charge in [0.1, 0.15) is 16.4 Å². The molecule has 5 nitrogen and oxygen atoms in total. The standard InChI is InChI=1S/C15H26N2O3S/c1-12-11-15(13(2)20-12)21(18,19)17-9-6-14(7-10-17)5-8-16(3)4/h11,14H,5-10H2,1-4H3. The van der Waals surface area contributed by atoms with Crippen molar-refractivity contribution in [2.75, 3.05) is 33.7 Å². The zero-order valence-corrected chi connectivity index (χ0v) is 14.2. The minimum Gasteiger partial charge on any atom is -0.465 e. The molecule has 0 unspecified atom stereocenters. The highest BCUT2D eigenvalue weighted by Crippen LogP contribution is 2.28. The van der Waals surface area contributed by atoms with Crippen LogP contribution in [0.3, 0.4) is 0 Å². The monoisotopic (exact) mass is 314 g/mol. The normalized spacial score (nSPS) is 18.5. The van der Waals surface area contributed by atoms with Crippen LogP contribution in [0.25, 0.3) is 0 Å². The van der Waals surface area contributed by atoms with Crippen LogP contribution >= 0.6 is 0 Å². The fraction of sp³-hybridized carbons (Fsp3) is 0.733. The van der Waals surface area contributed by atoms with Gasteiger partial charge in [-0.25, -0.2) is 8.42 Å². The van der Waals surface area contributed by atoms with Crippen LogP contribution < -0.4 is 0 Å². The Bertz CT molecular complexity index is 570. The molecule has 0 bridgehead atoms. The van der Waals surface area contributed by atoms with Crippen LogP contribution in [-0.4, -0.2) is 51.4 Å². The van der Waals surface area contributed by atoms with Gasteiger partial charge in [0.25, 0.3) is 0 Å². The zero-order chi connectivity index (χ0) is 15.6. The lowest BCUT2D eigenvalue weighted by Crippen LogP contribution is -2.39. The number of sulfonamides is 1. The molecule has 1 fully saturated rings. The van der Waals surface area contributed by atoms with Gasteiger partial charge in [-0.15, -0.1) is 0 Å². The summed E-state index contributed by atoms with van der Waals surface area (Å²) in [5.74, 6) is 1.76. The van der Waals surface area contributed by atoms with Crippen LogP contribution in [0, 0.1) is 19.8 Å². The molecular formula is C15H26N2O3S. The second kappa shape index (κ2) is 6.50. The van der Waals surface area contributed by atoms with E-state index in [9.17, 15) is 8.42 Å². The largest absolute Gasteiger partial charge is 0.465 e. The van der Waals surface area contributed by atoms with E-state index < -0.39 is 10.0 Å². The van der Waals surface area contributed by atoms with E-state index in [1.807, 2.05) is 0 Å². The van der Waals surface area contributed by atoms with Crippen molar-refractivity contribution in [2.45, 2.75) is 38.0 Å². The van der Waals surface area contributed by atoms with Crippen molar-refractivity contribution in [1.82, 2.24) is 9.21 Å². The highest BCUT2D eigenvalue weighted by atomic mass is 32.2. The molecule has 2 rings (SSSR count). The van der Waals surface area contributed by atoms with Crippen LogP contribution in [0.4, 0.5) is 0 Å².